The second kappa shape index (κ2) is 15.4. The molecule has 47 heavy (non-hydrogen) atoms. The maximum Gasteiger partial charge on any atom is 0.387 e. The van der Waals surface area contributed by atoms with E-state index in [1.807, 2.05) is 0 Å². The smallest absolute Gasteiger partial charge is 0.387 e. The number of halogens is 4. The van der Waals surface area contributed by atoms with Crippen LogP contribution in [0.1, 0.15) is 52.5 Å². The number of hydrogen-bond donors (Lipinski definition) is 2. The van der Waals surface area contributed by atoms with Gasteiger partial charge in [-0.25, -0.2) is 0 Å². The van der Waals surface area contributed by atoms with E-state index in [4.69, 9.17) is 19.7 Å². The van der Waals surface area contributed by atoms with Gasteiger partial charge in [-0.3, -0.25) is 19.2 Å². The summed E-state index contributed by atoms with van der Waals surface area (Å²) in [5.41, 5.74) is 0. The number of Topliss-reactive ketones (excluding diaryl/α,β-unsaturated/α-hetero) is 2. The van der Waals surface area contributed by atoms with E-state index in [-0.39, 0.29) is 65.2 Å². The molecule has 252 valence electrons. The van der Waals surface area contributed by atoms with Crippen LogP contribution >= 0.6 is 22.7 Å². The largest absolute Gasteiger partial charge is 0.490 e. The molecular formula is C31H28F4O10S2. The molecule has 0 fully saturated rings. The number of rotatable bonds is 18. The van der Waals surface area contributed by atoms with Crippen molar-refractivity contribution in [2.45, 2.75) is 46.3 Å². The minimum absolute atomic E-state index is 0.0515. The molecule has 0 saturated heterocycles. The first kappa shape index (κ1) is 35.4. The van der Waals surface area contributed by atoms with Gasteiger partial charge in [0, 0.05) is 40.8 Å². The summed E-state index contributed by atoms with van der Waals surface area (Å²) in [5, 5.41) is 19.1. The lowest BCUT2D eigenvalue weighted by molar-refractivity contribution is -0.141. The molecule has 2 aromatic heterocycles. The summed E-state index contributed by atoms with van der Waals surface area (Å²) >= 11 is 2.00. The van der Waals surface area contributed by atoms with Crippen molar-refractivity contribution in [2.24, 2.45) is 11.8 Å². The Morgan fingerprint density at radius 3 is 1.36 bits per heavy atom. The average molecular weight is 701 g/mol. The quantitative estimate of drug-likeness (QED) is 0.0600. The minimum atomic E-state index is -3.17. The van der Waals surface area contributed by atoms with E-state index in [0.717, 1.165) is 22.7 Å². The van der Waals surface area contributed by atoms with Crippen LogP contribution < -0.4 is 18.9 Å². The van der Waals surface area contributed by atoms with Gasteiger partial charge in [-0.15, -0.1) is 22.7 Å². The normalized spacial score (nSPS) is 12.8. The lowest BCUT2D eigenvalue weighted by atomic mass is 10.0. The van der Waals surface area contributed by atoms with E-state index in [0.29, 0.717) is 20.2 Å². The molecule has 0 spiro atoms. The fourth-order valence-corrected chi connectivity index (χ4v) is 6.37. The van der Waals surface area contributed by atoms with Crippen molar-refractivity contribution < 1.29 is 65.9 Å². The Balaban J connectivity index is 1.45. The standard InChI is InChI=1S/C31H28F4O10S2/c1-14(28(38)39)6-18(36)26-10-16-8-20(22(44-30(32)33)12-24(16)46-26)42-4-3-5-43-21-9-17-11-27(19(37)7-15(2)29(40)41)47-25(17)13-23(21)45-31(34)35/h8-15,30-31H,3-7H2,1-2H3,(H,38,39)(H,40,41). The molecular weight excluding hydrogens is 672 g/mol. The summed E-state index contributed by atoms with van der Waals surface area (Å²) in [6.07, 6.45) is -0.319. The minimum Gasteiger partial charge on any atom is -0.490 e. The van der Waals surface area contributed by atoms with E-state index in [1.165, 1.54) is 50.2 Å². The molecule has 4 rings (SSSR count). The Morgan fingerprint density at radius 1 is 0.638 bits per heavy atom. The fraction of sp³-hybridized carbons (Fsp3) is 0.355. The van der Waals surface area contributed by atoms with Crippen LogP contribution in [-0.2, 0) is 9.59 Å². The number of ketones is 2. The Hall–Kier alpha value is -4.44. The van der Waals surface area contributed by atoms with Crippen LogP contribution in [0.15, 0.2) is 36.4 Å². The number of ether oxygens (including phenoxy) is 4. The second-order valence-corrected chi connectivity index (χ2v) is 12.6. The predicted molar refractivity (Wildman–Crippen MR) is 164 cm³/mol. The number of carbonyl (C=O) groups is 4. The van der Waals surface area contributed by atoms with Crippen molar-refractivity contribution in [2.75, 3.05) is 13.2 Å². The van der Waals surface area contributed by atoms with Crippen molar-refractivity contribution in [3.05, 3.63) is 46.2 Å². The third-order valence-electron chi connectivity index (χ3n) is 6.78. The molecule has 0 saturated carbocycles. The molecule has 0 radical (unpaired) electrons. The van der Waals surface area contributed by atoms with Crippen LogP contribution in [0.25, 0.3) is 20.2 Å². The first-order valence-corrected chi connectivity index (χ1v) is 15.7. The number of thiophene rings is 2. The summed E-state index contributed by atoms with van der Waals surface area (Å²) in [6, 6.07) is 8.43. The van der Waals surface area contributed by atoms with E-state index in [9.17, 15) is 36.7 Å². The van der Waals surface area contributed by atoms with Gasteiger partial charge < -0.3 is 29.2 Å². The van der Waals surface area contributed by atoms with Gasteiger partial charge in [0.05, 0.1) is 34.8 Å². The zero-order chi connectivity index (χ0) is 34.4. The molecule has 2 N–H and O–H groups in total. The SMILES string of the molecule is CC(CC(=O)c1cc2cc(OCCCOc3cc4cc(C(=O)CC(C)C(=O)O)sc4cc3OC(F)F)c(OC(F)F)cc2s1)C(=O)O. The number of hydrogen-bond acceptors (Lipinski definition) is 10. The average Bonchev–Trinajstić information content (AvgIpc) is 3.60. The van der Waals surface area contributed by atoms with Crippen molar-refractivity contribution in [3.63, 3.8) is 0 Å². The molecule has 0 bridgehead atoms. The van der Waals surface area contributed by atoms with Gasteiger partial charge >= 0.3 is 25.2 Å². The van der Waals surface area contributed by atoms with Crippen LogP contribution in [0.2, 0.25) is 0 Å². The van der Waals surface area contributed by atoms with Gasteiger partial charge in [-0.05, 0) is 35.0 Å². The summed E-state index contributed by atoms with van der Waals surface area (Å²) in [4.78, 5) is 47.8. The van der Waals surface area contributed by atoms with Crippen LogP contribution in [0.3, 0.4) is 0 Å². The van der Waals surface area contributed by atoms with E-state index < -0.39 is 48.6 Å². The second-order valence-electron chi connectivity index (χ2n) is 10.4. The Kier molecular flexibility index (Phi) is 11.6. The lowest BCUT2D eigenvalue weighted by Crippen LogP contribution is -2.13. The highest BCUT2D eigenvalue weighted by Crippen LogP contribution is 2.40. The molecule has 0 aliphatic rings. The summed E-state index contributed by atoms with van der Waals surface area (Å²) in [5.74, 6) is -5.56. The monoisotopic (exact) mass is 700 g/mol. The molecule has 4 aromatic rings. The van der Waals surface area contributed by atoms with Crippen molar-refractivity contribution in [3.8, 4) is 23.0 Å². The molecule has 16 heteroatoms. The molecule has 0 aliphatic carbocycles. The molecule has 0 amide bonds. The Bertz CT molecular complexity index is 1660. The van der Waals surface area contributed by atoms with Crippen molar-refractivity contribution in [1.29, 1.82) is 0 Å². The highest BCUT2D eigenvalue weighted by Gasteiger charge is 2.22. The van der Waals surface area contributed by atoms with E-state index in [1.54, 1.807) is 0 Å². The van der Waals surface area contributed by atoms with Crippen LogP contribution in [0.4, 0.5) is 17.6 Å². The fourth-order valence-electron chi connectivity index (χ4n) is 4.33. The zero-order valence-corrected chi connectivity index (χ0v) is 26.4. The number of carboxylic acids is 2. The third-order valence-corrected chi connectivity index (χ3v) is 9.05. The Morgan fingerprint density at radius 2 is 1.02 bits per heavy atom. The molecule has 2 unspecified atom stereocenters. The lowest BCUT2D eigenvalue weighted by Gasteiger charge is -2.14. The number of benzene rings is 2. The van der Waals surface area contributed by atoms with Gasteiger partial charge in [0.1, 0.15) is 0 Å². The van der Waals surface area contributed by atoms with Crippen LogP contribution in [0, 0.1) is 11.8 Å². The van der Waals surface area contributed by atoms with Gasteiger partial charge in [-0.1, -0.05) is 13.8 Å². The Labute approximate surface area is 272 Å². The van der Waals surface area contributed by atoms with E-state index in [2.05, 4.69) is 9.47 Å². The van der Waals surface area contributed by atoms with Crippen molar-refractivity contribution in [1.82, 2.24) is 0 Å². The predicted octanol–water partition coefficient (Wildman–Crippen LogP) is 7.75. The maximum atomic E-state index is 13.1. The number of carbonyl (C=O) groups excluding carboxylic acids is 2. The molecule has 10 nitrogen and oxygen atoms in total. The number of aliphatic carboxylic acids is 2. The molecule has 2 heterocycles. The highest BCUT2D eigenvalue weighted by molar-refractivity contribution is 7.21. The highest BCUT2D eigenvalue weighted by atomic mass is 32.1. The molecule has 2 atom stereocenters. The van der Waals surface area contributed by atoms with Gasteiger partial charge in [-0.2, -0.15) is 17.6 Å². The van der Waals surface area contributed by atoms with Gasteiger partial charge in [0.2, 0.25) is 0 Å². The van der Waals surface area contributed by atoms with Crippen molar-refractivity contribution >= 4 is 66.4 Å². The summed E-state index contributed by atoms with van der Waals surface area (Å²) in [6.45, 7) is -3.71. The number of alkyl halides is 4. The first-order valence-electron chi connectivity index (χ1n) is 14.0. The van der Waals surface area contributed by atoms with Crippen LogP contribution in [0.5, 0.6) is 23.0 Å². The maximum absolute atomic E-state index is 13.1. The number of carboxylic acid groups (broad SMARTS) is 2. The summed E-state index contributed by atoms with van der Waals surface area (Å²) < 4.78 is 74.0. The topological polar surface area (TPSA) is 146 Å². The zero-order valence-electron chi connectivity index (χ0n) is 24.8. The number of fused-ring (bicyclic) bond motifs is 2. The van der Waals surface area contributed by atoms with Crippen LogP contribution in [-0.4, -0.2) is 60.2 Å². The third kappa shape index (κ3) is 9.32. The first-order chi connectivity index (χ1) is 22.2. The van der Waals surface area contributed by atoms with Gasteiger partial charge in [0.25, 0.3) is 0 Å². The molecule has 2 aromatic carbocycles. The summed E-state index contributed by atoms with van der Waals surface area (Å²) in [7, 11) is 0. The molecule has 0 aliphatic heterocycles. The van der Waals surface area contributed by atoms with E-state index >= 15 is 0 Å². The van der Waals surface area contributed by atoms with Gasteiger partial charge in [0.15, 0.2) is 34.6 Å².